The van der Waals surface area contributed by atoms with Crippen LogP contribution in [0.2, 0.25) is 0 Å². The Morgan fingerprint density at radius 3 is 1.35 bits per heavy atom. The van der Waals surface area contributed by atoms with Crippen LogP contribution in [-0.2, 0) is 26.7 Å². The number of aliphatic carboxylic acids is 2. The van der Waals surface area contributed by atoms with Gasteiger partial charge in [-0.3, -0.25) is 29.4 Å². The zero-order valence-electron chi connectivity index (χ0n) is 27.4. The monoisotopic (exact) mass is 701 g/mol. The number of carboxylic acids is 2. The van der Waals surface area contributed by atoms with Crippen molar-refractivity contribution < 1.29 is 56.6 Å². The summed E-state index contributed by atoms with van der Waals surface area (Å²) in [6.07, 6.45) is 4.38. The summed E-state index contributed by atoms with van der Waals surface area (Å²) in [6.45, 7) is 3.37. The number of aromatic hydroxyl groups is 2. The van der Waals surface area contributed by atoms with E-state index in [1.54, 1.807) is 82.9 Å². The zero-order valence-corrected chi connectivity index (χ0v) is 28.5. The topological polar surface area (TPSA) is 166 Å². The number of methoxy groups -OCH3 is 2. The molecule has 13 heteroatoms. The minimum Gasteiger partial charge on any atom is -0.508 e. The number of nitrogens with zero attached hydrogens (tertiary/aromatic N) is 4. The first-order chi connectivity index (χ1) is 22.6. The number of ether oxygens (including phenoxy) is 2. The number of carboxylic acid groups (broad SMARTS) is 2. The van der Waals surface area contributed by atoms with Crippen LogP contribution < -0.4 is 9.47 Å². The minimum absolute atomic E-state index is 0. The van der Waals surface area contributed by atoms with Gasteiger partial charge in [0.25, 0.3) is 0 Å². The van der Waals surface area contributed by atoms with Gasteiger partial charge in [-0.25, -0.2) is 0 Å². The molecule has 0 spiro atoms. The summed E-state index contributed by atoms with van der Waals surface area (Å²) in [5, 5.41) is 41.7. The van der Waals surface area contributed by atoms with E-state index in [4.69, 9.17) is 9.47 Å². The molecule has 2 heterocycles. The van der Waals surface area contributed by atoms with E-state index in [-0.39, 0.29) is 41.7 Å². The van der Waals surface area contributed by atoms with E-state index in [1.165, 1.54) is 32.8 Å². The molecular weight excluding hydrogens is 659 g/mol. The van der Waals surface area contributed by atoms with Crippen LogP contribution in [0.4, 0.5) is 0 Å². The summed E-state index contributed by atoms with van der Waals surface area (Å²) in [7, 11) is 2.97. The molecule has 2 aromatic heterocycles. The molecule has 0 aliphatic carbocycles. The molecule has 4 aromatic rings. The number of phenolic OH excluding ortho intramolecular Hbond substituents is 2. The standard InChI is InChI=1S/C32H34N4O8.C3H8.Mn/c1-43-21-9-11-27(37)23(17-21)31(25-7-3-5-13-33-25)35(19-29(39)40)15-16-36(20-30(41)42)32(26-8-4-6-14-34-26)24-18-22(44-2)10-12-28(24)38;1-3-2;/h3-14,17-18,31-32,37-38H,15-16,19-20H2,1-2H3,(H,39,40)(H,41,42);3H2,1-2H3;/q;;+2/t31-,32?;;/m0../s1. The molecule has 0 aliphatic heterocycles. The number of phenols is 2. The molecule has 1 radical (unpaired) electrons. The smallest absolute Gasteiger partial charge is 0.508 e. The first-order valence-electron chi connectivity index (χ1n) is 15.1. The second kappa shape index (κ2) is 19.9. The van der Waals surface area contributed by atoms with E-state index in [2.05, 4.69) is 23.8 Å². The first-order valence-corrected chi connectivity index (χ1v) is 15.1. The van der Waals surface area contributed by atoms with E-state index in [9.17, 15) is 30.0 Å². The van der Waals surface area contributed by atoms with Gasteiger partial charge in [-0.2, -0.15) is 0 Å². The average molecular weight is 702 g/mol. The Labute approximate surface area is 291 Å². The van der Waals surface area contributed by atoms with Gasteiger partial charge in [0, 0.05) is 36.6 Å². The van der Waals surface area contributed by atoms with E-state index >= 15 is 0 Å². The van der Waals surface area contributed by atoms with Gasteiger partial charge < -0.3 is 29.9 Å². The third-order valence-corrected chi connectivity index (χ3v) is 7.08. The van der Waals surface area contributed by atoms with Gasteiger partial charge in [-0.1, -0.05) is 32.4 Å². The molecule has 12 nitrogen and oxygen atoms in total. The van der Waals surface area contributed by atoms with Crippen molar-refractivity contribution in [3.05, 3.63) is 108 Å². The second-order valence-corrected chi connectivity index (χ2v) is 10.6. The zero-order chi connectivity index (χ0) is 34.3. The Morgan fingerprint density at radius 1 is 0.688 bits per heavy atom. The molecule has 0 bridgehead atoms. The van der Waals surface area contributed by atoms with Crippen molar-refractivity contribution in [2.45, 2.75) is 32.4 Å². The summed E-state index contributed by atoms with van der Waals surface area (Å²) in [5.41, 5.74) is 1.66. The maximum Gasteiger partial charge on any atom is 2.00 e. The van der Waals surface area contributed by atoms with Crippen molar-refractivity contribution >= 4 is 11.9 Å². The number of aromatic nitrogens is 2. The maximum atomic E-state index is 12.2. The van der Waals surface area contributed by atoms with Gasteiger partial charge in [0.1, 0.15) is 23.0 Å². The molecule has 0 fully saturated rings. The normalized spacial score (nSPS) is 11.9. The predicted molar refractivity (Wildman–Crippen MR) is 176 cm³/mol. The predicted octanol–water partition coefficient (Wildman–Crippen LogP) is 4.97. The molecule has 2 atom stereocenters. The van der Waals surface area contributed by atoms with Crippen LogP contribution in [0.25, 0.3) is 0 Å². The summed E-state index contributed by atoms with van der Waals surface area (Å²) in [5.74, 6) is -1.55. The fraction of sp³-hybridized carbons (Fsp3) is 0.314. The van der Waals surface area contributed by atoms with Crippen molar-refractivity contribution in [2.75, 3.05) is 40.4 Å². The Balaban J connectivity index is 0.00000193. The quantitative estimate of drug-likeness (QED) is 0.123. The van der Waals surface area contributed by atoms with E-state index < -0.39 is 37.1 Å². The van der Waals surface area contributed by atoms with Crippen molar-refractivity contribution in [1.29, 1.82) is 0 Å². The third kappa shape index (κ3) is 11.0. The fourth-order valence-corrected chi connectivity index (χ4v) is 5.12. The molecule has 0 amide bonds. The Bertz CT molecular complexity index is 1460. The van der Waals surface area contributed by atoms with E-state index in [1.807, 2.05) is 0 Å². The number of pyridine rings is 2. The van der Waals surface area contributed by atoms with Gasteiger partial charge in [0.2, 0.25) is 0 Å². The Kier molecular flexibility index (Phi) is 16.3. The molecule has 4 N–H and O–H groups in total. The van der Waals surface area contributed by atoms with Crippen LogP contribution in [0.3, 0.4) is 0 Å². The van der Waals surface area contributed by atoms with Gasteiger partial charge >= 0.3 is 29.0 Å². The van der Waals surface area contributed by atoms with Gasteiger partial charge in [-0.05, 0) is 60.7 Å². The number of carbonyl (C=O) groups is 2. The molecule has 0 aliphatic rings. The summed E-state index contributed by atoms with van der Waals surface area (Å²) in [4.78, 5) is 36.5. The summed E-state index contributed by atoms with van der Waals surface area (Å²) < 4.78 is 10.8. The van der Waals surface area contributed by atoms with Crippen LogP contribution in [0.15, 0.2) is 85.2 Å². The number of hydrogen-bond acceptors (Lipinski definition) is 10. The Hall–Kier alpha value is -4.68. The number of rotatable bonds is 15. The van der Waals surface area contributed by atoms with Crippen LogP contribution in [0.5, 0.6) is 23.0 Å². The van der Waals surface area contributed by atoms with Crippen molar-refractivity contribution in [3.63, 3.8) is 0 Å². The SMILES string of the molecule is CCC.COc1ccc(O)c(C(c2ccccn2)N(CCN(CC(=O)O)[C@H](c2ccccn2)c2cc(OC)ccc2O)CC(=O)O)c1.[Mn+2]. The summed E-state index contributed by atoms with van der Waals surface area (Å²) in [6, 6.07) is 18.0. The molecule has 48 heavy (non-hydrogen) atoms. The molecular formula is C35H42MnN4O8+2. The molecule has 2 aromatic carbocycles. The van der Waals surface area contributed by atoms with Gasteiger partial charge in [0.15, 0.2) is 0 Å². The van der Waals surface area contributed by atoms with Crippen molar-refractivity contribution in [1.82, 2.24) is 19.8 Å². The van der Waals surface area contributed by atoms with Crippen LogP contribution in [0.1, 0.15) is 54.9 Å². The number of benzene rings is 2. The second-order valence-electron chi connectivity index (χ2n) is 10.6. The first kappa shape index (κ1) is 39.5. The molecule has 0 saturated carbocycles. The van der Waals surface area contributed by atoms with Gasteiger partial charge in [-0.15, -0.1) is 0 Å². The molecule has 0 saturated heterocycles. The van der Waals surface area contributed by atoms with Crippen molar-refractivity contribution in [2.24, 2.45) is 0 Å². The molecule has 4 rings (SSSR count). The van der Waals surface area contributed by atoms with E-state index in [0.717, 1.165) is 0 Å². The third-order valence-electron chi connectivity index (χ3n) is 7.08. The Morgan fingerprint density at radius 2 is 1.06 bits per heavy atom. The maximum absolute atomic E-state index is 12.2. The molecule has 255 valence electrons. The molecule has 1 unspecified atom stereocenters. The van der Waals surface area contributed by atoms with Crippen LogP contribution >= 0.6 is 0 Å². The minimum atomic E-state index is -1.13. The largest absolute Gasteiger partial charge is 2.00 e. The fourth-order valence-electron chi connectivity index (χ4n) is 5.12. The number of hydrogen-bond donors (Lipinski definition) is 4. The van der Waals surface area contributed by atoms with E-state index in [0.29, 0.717) is 34.0 Å². The van der Waals surface area contributed by atoms with Crippen LogP contribution in [0, 0.1) is 0 Å². The average Bonchev–Trinajstić information content (AvgIpc) is 3.06. The summed E-state index contributed by atoms with van der Waals surface area (Å²) >= 11 is 0. The van der Waals surface area contributed by atoms with Crippen molar-refractivity contribution in [3.8, 4) is 23.0 Å². The van der Waals surface area contributed by atoms with Crippen LogP contribution in [-0.4, -0.2) is 92.5 Å². The van der Waals surface area contributed by atoms with Gasteiger partial charge in [0.05, 0.1) is 50.8 Å².